The van der Waals surface area contributed by atoms with E-state index in [0.29, 0.717) is 32.7 Å². The van der Waals surface area contributed by atoms with Gasteiger partial charge >= 0.3 is 11.9 Å². The van der Waals surface area contributed by atoms with Gasteiger partial charge in [0.15, 0.2) is 0 Å². The monoisotopic (exact) mass is 350 g/mol. The Morgan fingerprint density at radius 2 is 1.40 bits per heavy atom. The van der Waals surface area contributed by atoms with E-state index in [9.17, 15) is 9.59 Å². The Hall–Kier alpha value is -2.03. The first kappa shape index (κ1) is 19.3. The fraction of sp³-hybridized carbons (Fsp3) is 0.588. The summed E-state index contributed by atoms with van der Waals surface area (Å²) in [4.78, 5) is 32.8. The second-order valence-electron chi connectivity index (χ2n) is 6.26. The summed E-state index contributed by atoms with van der Waals surface area (Å²) in [7, 11) is 0. The largest absolute Gasteiger partial charge is 0.480 e. The lowest BCUT2D eigenvalue weighted by atomic mass is 10.2. The highest BCUT2D eigenvalue weighted by molar-refractivity contribution is 5.69. The topological polar surface area (TPSA) is 97.2 Å². The molecule has 8 nitrogen and oxygen atoms in total. The fourth-order valence-corrected chi connectivity index (χ4v) is 2.94. The number of hydrogen-bond donors (Lipinski definition) is 2. The van der Waals surface area contributed by atoms with Gasteiger partial charge in [0, 0.05) is 39.3 Å². The summed E-state index contributed by atoms with van der Waals surface area (Å²) in [6.45, 7) is 6.31. The number of nitrogens with zero attached hydrogens (tertiary/aromatic N) is 4. The van der Waals surface area contributed by atoms with Gasteiger partial charge in [0.2, 0.25) is 0 Å². The summed E-state index contributed by atoms with van der Waals surface area (Å²) in [6.07, 6.45) is 0. The Balaban J connectivity index is 2.20. The van der Waals surface area contributed by atoms with Crippen LogP contribution < -0.4 is 0 Å². The number of rotatable bonds is 5. The van der Waals surface area contributed by atoms with Crippen LogP contribution in [-0.4, -0.2) is 87.6 Å². The smallest absolute Gasteiger partial charge is 0.317 e. The molecule has 0 saturated carbocycles. The first-order valence-corrected chi connectivity index (χ1v) is 8.51. The van der Waals surface area contributed by atoms with Crippen LogP contribution >= 0.6 is 0 Å². The van der Waals surface area contributed by atoms with Gasteiger partial charge < -0.3 is 10.2 Å². The zero-order valence-electron chi connectivity index (χ0n) is 14.6. The molecule has 0 radical (unpaired) electrons. The second kappa shape index (κ2) is 9.45. The quantitative estimate of drug-likeness (QED) is 0.777. The van der Waals surface area contributed by atoms with Crippen LogP contribution in [-0.2, 0) is 22.7 Å². The van der Waals surface area contributed by atoms with E-state index in [4.69, 9.17) is 10.2 Å². The second-order valence-corrected chi connectivity index (χ2v) is 6.26. The van der Waals surface area contributed by atoms with Crippen LogP contribution in [0, 0.1) is 0 Å². The number of hydrogen-bond acceptors (Lipinski definition) is 6. The highest BCUT2D eigenvalue weighted by Crippen LogP contribution is 2.09. The zero-order chi connectivity index (χ0) is 18.2. The molecule has 0 aromatic carbocycles. The molecule has 0 fully saturated rings. The van der Waals surface area contributed by atoms with Gasteiger partial charge in [-0.15, -0.1) is 0 Å². The molecule has 2 bridgehead atoms. The maximum atomic E-state index is 11.1. The molecule has 1 aliphatic rings. The van der Waals surface area contributed by atoms with Crippen LogP contribution in [0.25, 0.3) is 0 Å². The molecule has 1 aromatic heterocycles. The minimum Gasteiger partial charge on any atom is -0.480 e. The number of fused-ring (bicyclic) bond motifs is 2. The summed E-state index contributed by atoms with van der Waals surface area (Å²) >= 11 is 0. The van der Waals surface area contributed by atoms with E-state index < -0.39 is 11.9 Å². The van der Waals surface area contributed by atoms with E-state index in [1.165, 1.54) is 0 Å². The van der Waals surface area contributed by atoms with Gasteiger partial charge in [-0.05, 0) is 18.7 Å². The number of aromatic nitrogens is 1. The lowest BCUT2D eigenvalue weighted by Crippen LogP contribution is -2.43. The van der Waals surface area contributed by atoms with Crippen molar-refractivity contribution < 1.29 is 19.8 Å². The number of carbonyl (C=O) groups is 2. The van der Waals surface area contributed by atoms with Crippen molar-refractivity contribution in [3.63, 3.8) is 0 Å². The van der Waals surface area contributed by atoms with Gasteiger partial charge in [0.25, 0.3) is 0 Å². The van der Waals surface area contributed by atoms with E-state index in [1.54, 1.807) is 4.90 Å². The van der Waals surface area contributed by atoms with Crippen molar-refractivity contribution in [3.8, 4) is 0 Å². The van der Waals surface area contributed by atoms with Crippen molar-refractivity contribution in [2.45, 2.75) is 20.0 Å². The van der Waals surface area contributed by atoms with Crippen molar-refractivity contribution in [1.29, 1.82) is 0 Å². The first-order valence-electron chi connectivity index (χ1n) is 8.51. The normalized spacial score (nSPS) is 18.3. The van der Waals surface area contributed by atoms with E-state index in [2.05, 4.69) is 16.8 Å². The molecule has 0 aliphatic carbocycles. The van der Waals surface area contributed by atoms with Crippen LogP contribution in [0.15, 0.2) is 18.2 Å². The lowest BCUT2D eigenvalue weighted by Gasteiger charge is -2.29. The molecule has 2 N–H and O–H groups in total. The van der Waals surface area contributed by atoms with Crippen LogP contribution in [0.2, 0.25) is 0 Å². The minimum atomic E-state index is -0.898. The number of aliphatic carboxylic acids is 2. The predicted molar refractivity (Wildman–Crippen MR) is 92.2 cm³/mol. The van der Waals surface area contributed by atoms with Crippen molar-refractivity contribution in [2.24, 2.45) is 0 Å². The van der Waals surface area contributed by atoms with Gasteiger partial charge in [-0.2, -0.15) is 0 Å². The molecular formula is C17H26N4O4. The van der Waals surface area contributed by atoms with Crippen LogP contribution in [0.1, 0.15) is 18.3 Å². The van der Waals surface area contributed by atoms with Crippen molar-refractivity contribution >= 4 is 11.9 Å². The van der Waals surface area contributed by atoms with Gasteiger partial charge in [-0.25, -0.2) is 0 Å². The summed E-state index contributed by atoms with van der Waals surface area (Å²) < 4.78 is 0. The summed E-state index contributed by atoms with van der Waals surface area (Å²) in [5, 5.41) is 18.3. The maximum Gasteiger partial charge on any atom is 0.317 e. The molecule has 2 rings (SSSR count). The Labute approximate surface area is 147 Å². The fourth-order valence-electron chi connectivity index (χ4n) is 2.94. The average Bonchev–Trinajstić information content (AvgIpc) is 2.54. The molecular weight excluding hydrogens is 324 g/mol. The van der Waals surface area contributed by atoms with E-state index in [0.717, 1.165) is 24.5 Å². The maximum absolute atomic E-state index is 11.1. The standard InChI is InChI=1S/C17H26N4O4/c1-2-19-6-7-20(12-16(22)23)8-9-21(13-17(24)25)11-15-5-3-4-14(10-19)18-15/h3-5H,2,6-13H2,1H3,(H,22,23)(H,24,25). The van der Waals surface area contributed by atoms with E-state index in [1.807, 2.05) is 23.1 Å². The van der Waals surface area contributed by atoms with Crippen LogP contribution in [0.4, 0.5) is 0 Å². The van der Waals surface area contributed by atoms with Crippen molar-refractivity contribution in [2.75, 3.05) is 45.8 Å². The molecule has 25 heavy (non-hydrogen) atoms. The molecule has 0 atom stereocenters. The molecule has 0 unspecified atom stereocenters. The summed E-state index contributed by atoms with van der Waals surface area (Å²) in [5.74, 6) is -1.77. The Bertz CT molecular complexity index is 596. The average molecular weight is 350 g/mol. The molecule has 0 saturated heterocycles. The number of carboxylic acid groups (broad SMARTS) is 2. The van der Waals surface area contributed by atoms with E-state index in [-0.39, 0.29) is 13.1 Å². The van der Waals surface area contributed by atoms with Crippen LogP contribution in [0.5, 0.6) is 0 Å². The third-order valence-corrected chi connectivity index (χ3v) is 4.27. The Morgan fingerprint density at radius 1 is 0.920 bits per heavy atom. The summed E-state index contributed by atoms with van der Waals surface area (Å²) in [6, 6.07) is 5.82. The lowest BCUT2D eigenvalue weighted by molar-refractivity contribution is -0.140. The molecule has 2 heterocycles. The Kier molecular flexibility index (Phi) is 7.30. The highest BCUT2D eigenvalue weighted by Gasteiger charge is 2.17. The van der Waals surface area contributed by atoms with Gasteiger partial charge in [-0.3, -0.25) is 29.3 Å². The predicted octanol–water partition coefficient (Wildman–Crippen LogP) is 0.190. The van der Waals surface area contributed by atoms with Crippen LogP contribution in [0.3, 0.4) is 0 Å². The number of carboxylic acids is 2. The zero-order valence-corrected chi connectivity index (χ0v) is 14.6. The molecule has 8 heteroatoms. The van der Waals surface area contributed by atoms with Gasteiger partial charge in [0.05, 0.1) is 24.5 Å². The highest BCUT2D eigenvalue weighted by atomic mass is 16.4. The third-order valence-electron chi connectivity index (χ3n) is 4.27. The van der Waals surface area contributed by atoms with Crippen molar-refractivity contribution in [3.05, 3.63) is 29.6 Å². The Morgan fingerprint density at radius 3 is 1.96 bits per heavy atom. The molecule has 138 valence electrons. The molecule has 1 aliphatic heterocycles. The SMILES string of the molecule is CCN1CCN(CC(=O)O)CCN(CC(=O)O)Cc2cccc(n2)C1. The number of likely N-dealkylation sites (N-methyl/N-ethyl adjacent to an activating group) is 1. The molecule has 0 amide bonds. The van der Waals surface area contributed by atoms with Gasteiger partial charge in [-0.1, -0.05) is 13.0 Å². The van der Waals surface area contributed by atoms with Crippen molar-refractivity contribution in [1.82, 2.24) is 19.7 Å². The third kappa shape index (κ3) is 6.77. The molecule has 1 aromatic rings. The van der Waals surface area contributed by atoms with Gasteiger partial charge in [0.1, 0.15) is 0 Å². The van der Waals surface area contributed by atoms with E-state index >= 15 is 0 Å². The summed E-state index contributed by atoms with van der Waals surface area (Å²) in [5.41, 5.74) is 1.78. The number of pyridine rings is 1. The minimum absolute atomic E-state index is 0.0397. The molecule has 0 spiro atoms. The first-order chi connectivity index (χ1) is 12.0.